The van der Waals surface area contributed by atoms with Crippen molar-refractivity contribution in [1.29, 1.82) is 0 Å². The molecule has 0 fully saturated rings. The number of esters is 3. The van der Waals surface area contributed by atoms with E-state index in [2.05, 4.69) is 57.2 Å². The number of allylic oxidation sites excluding steroid dienone is 6. The highest BCUT2D eigenvalue weighted by Crippen LogP contribution is 2.18. The molecule has 0 amide bonds. The fraction of sp³-hybridized carbons (Fsp3) is 0.870. The van der Waals surface area contributed by atoms with Crippen molar-refractivity contribution in [3.63, 3.8) is 0 Å². The number of unbranched alkanes of at least 4 members (excludes halogenated alkanes) is 45. The zero-order valence-corrected chi connectivity index (χ0v) is 50.6. The summed E-state index contributed by atoms with van der Waals surface area (Å²) in [5.74, 6) is -0.839. The molecule has 6 nitrogen and oxygen atoms in total. The van der Waals surface area contributed by atoms with E-state index in [9.17, 15) is 14.4 Å². The van der Waals surface area contributed by atoms with Gasteiger partial charge in [-0.3, -0.25) is 14.4 Å². The maximum atomic E-state index is 12.9. The number of carbonyl (C=O) groups is 3. The molecule has 440 valence electrons. The summed E-state index contributed by atoms with van der Waals surface area (Å²) >= 11 is 0. The first-order chi connectivity index (χ1) is 37.0. The van der Waals surface area contributed by atoms with E-state index in [0.717, 1.165) is 70.6 Å². The van der Waals surface area contributed by atoms with E-state index in [1.54, 1.807) is 0 Å². The Kier molecular flexibility index (Phi) is 62.1. The molecule has 75 heavy (non-hydrogen) atoms. The molecule has 6 heteroatoms. The predicted molar refractivity (Wildman–Crippen MR) is 326 cm³/mol. The van der Waals surface area contributed by atoms with Crippen LogP contribution < -0.4 is 0 Å². The van der Waals surface area contributed by atoms with Gasteiger partial charge in [0.25, 0.3) is 0 Å². The van der Waals surface area contributed by atoms with Crippen LogP contribution in [0.5, 0.6) is 0 Å². The van der Waals surface area contributed by atoms with Crippen LogP contribution in [0, 0.1) is 0 Å². The molecule has 0 heterocycles. The van der Waals surface area contributed by atoms with Gasteiger partial charge in [-0.1, -0.05) is 327 Å². The molecule has 0 spiro atoms. The lowest BCUT2D eigenvalue weighted by atomic mass is 10.0. The molecule has 0 N–H and O–H groups in total. The van der Waals surface area contributed by atoms with Crippen LogP contribution >= 0.6 is 0 Å². The van der Waals surface area contributed by atoms with Gasteiger partial charge in [0.2, 0.25) is 0 Å². The quantitative estimate of drug-likeness (QED) is 0.0261. The molecule has 0 radical (unpaired) electrons. The predicted octanol–water partition coefficient (Wildman–Crippen LogP) is 22.8. The molecule has 0 aromatic heterocycles. The van der Waals surface area contributed by atoms with E-state index < -0.39 is 6.10 Å². The second-order valence-corrected chi connectivity index (χ2v) is 22.7. The summed E-state index contributed by atoms with van der Waals surface area (Å²) in [4.78, 5) is 38.3. The molecular formula is C69H128O6. The highest BCUT2D eigenvalue weighted by molar-refractivity contribution is 5.71. The van der Waals surface area contributed by atoms with Crippen molar-refractivity contribution in [2.75, 3.05) is 13.2 Å². The maximum absolute atomic E-state index is 12.9. The molecular weight excluding hydrogens is 925 g/mol. The Morgan fingerprint density at radius 1 is 0.267 bits per heavy atom. The maximum Gasteiger partial charge on any atom is 0.306 e. The Morgan fingerprint density at radius 3 is 0.747 bits per heavy atom. The Hall–Kier alpha value is -2.37. The Morgan fingerprint density at radius 2 is 0.480 bits per heavy atom. The third-order valence-electron chi connectivity index (χ3n) is 15.1. The molecule has 1 unspecified atom stereocenters. The van der Waals surface area contributed by atoms with Crippen LogP contribution in [0.1, 0.15) is 367 Å². The van der Waals surface area contributed by atoms with Crippen molar-refractivity contribution in [3.8, 4) is 0 Å². The van der Waals surface area contributed by atoms with E-state index in [4.69, 9.17) is 14.2 Å². The van der Waals surface area contributed by atoms with Gasteiger partial charge < -0.3 is 14.2 Å². The minimum absolute atomic E-state index is 0.0655. The fourth-order valence-electron chi connectivity index (χ4n) is 10.1. The standard InChI is InChI=1S/C69H128O6/c1-4-7-10-13-16-19-22-25-28-29-30-31-32-33-34-35-36-37-38-39-40-41-42-45-47-50-53-56-59-62-68(71)74-65-66(75-69(72)63-60-57-54-51-48-44-27-24-21-18-15-12-9-6-3)64-73-67(70)61-58-55-52-49-46-43-26-23-20-17-14-11-8-5-2/h22,25,29-30,32-33,66H,4-21,23-24,26-28,31,34-65H2,1-3H3/b25-22-,30-29-,33-32-. The summed E-state index contributed by atoms with van der Waals surface area (Å²) in [6, 6.07) is 0. The summed E-state index contributed by atoms with van der Waals surface area (Å²) in [6.07, 6.45) is 78.7. The third kappa shape index (κ3) is 62.4. The largest absolute Gasteiger partial charge is 0.462 e. The van der Waals surface area contributed by atoms with E-state index in [-0.39, 0.29) is 31.1 Å². The molecule has 0 aromatic rings. The second kappa shape index (κ2) is 64.2. The van der Waals surface area contributed by atoms with Crippen LogP contribution in [-0.4, -0.2) is 37.2 Å². The Labute approximate surface area is 467 Å². The number of ether oxygens (including phenoxy) is 3. The molecule has 0 aliphatic heterocycles. The van der Waals surface area contributed by atoms with Gasteiger partial charge in [0, 0.05) is 19.3 Å². The van der Waals surface area contributed by atoms with Crippen LogP contribution in [0.25, 0.3) is 0 Å². The highest BCUT2D eigenvalue weighted by Gasteiger charge is 2.19. The van der Waals surface area contributed by atoms with Crippen LogP contribution in [0.2, 0.25) is 0 Å². The third-order valence-corrected chi connectivity index (χ3v) is 15.1. The van der Waals surface area contributed by atoms with Crippen LogP contribution in [0.4, 0.5) is 0 Å². The molecule has 0 aliphatic rings. The molecule has 0 bridgehead atoms. The zero-order chi connectivity index (χ0) is 54.3. The lowest BCUT2D eigenvalue weighted by molar-refractivity contribution is -0.167. The van der Waals surface area contributed by atoms with Crippen molar-refractivity contribution < 1.29 is 28.6 Å². The van der Waals surface area contributed by atoms with Crippen molar-refractivity contribution in [3.05, 3.63) is 36.5 Å². The Balaban J connectivity index is 4.17. The molecule has 0 aliphatic carbocycles. The van der Waals surface area contributed by atoms with Gasteiger partial charge in [0.05, 0.1) is 0 Å². The van der Waals surface area contributed by atoms with E-state index >= 15 is 0 Å². The second-order valence-electron chi connectivity index (χ2n) is 22.7. The lowest BCUT2D eigenvalue weighted by Crippen LogP contribution is -2.30. The van der Waals surface area contributed by atoms with E-state index in [1.165, 1.54) is 257 Å². The number of hydrogen-bond donors (Lipinski definition) is 0. The van der Waals surface area contributed by atoms with Crippen LogP contribution in [0.3, 0.4) is 0 Å². The molecule has 0 saturated heterocycles. The first-order valence-corrected chi connectivity index (χ1v) is 33.5. The molecule has 1 atom stereocenters. The summed E-state index contributed by atoms with van der Waals surface area (Å²) in [6.45, 7) is 6.69. The first-order valence-electron chi connectivity index (χ1n) is 33.5. The minimum atomic E-state index is -0.767. The fourth-order valence-corrected chi connectivity index (χ4v) is 10.1. The van der Waals surface area contributed by atoms with Crippen molar-refractivity contribution >= 4 is 17.9 Å². The summed E-state index contributed by atoms with van der Waals surface area (Å²) in [5, 5.41) is 0. The molecule has 0 saturated carbocycles. The van der Waals surface area contributed by atoms with Gasteiger partial charge in [0.1, 0.15) is 13.2 Å². The smallest absolute Gasteiger partial charge is 0.306 e. The van der Waals surface area contributed by atoms with Crippen molar-refractivity contribution in [1.82, 2.24) is 0 Å². The zero-order valence-electron chi connectivity index (χ0n) is 50.6. The normalized spacial score (nSPS) is 12.2. The summed E-state index contributed by atoms with van der Waals surface area (Å²) < 4.78 is 16.9. The SMILES string of the molecule is CCCCCCC/C=C\C/C=C\C/C=C\CCCCCCCCCCCCCCCCC(=O)OCC(COC(=O)CCCCCCCCCCCCCCCC)OC(=O)CCCCCCCCCCCCCCCC. The Bertz CT molecular complexity index is 1250. The first kappa shape index (κ1) is 72.6. The van der Waals surface area contributed by atoms with Crippen molar-refractivity contribution in [2.45, 2.75) is 374 Å². The van der Waals surface area contributed by atoms with Crippen LogP contribution in [-0.2, 0) is 28.6 Å². The lowest BCUT2D eigenvalue weighted by Gasteiger charge is -2.18. The highest BCUT2D eigenvalue weighted by atomic mass is 16.6. The van der Waals surface area contributed by atoms with Gasteiger partial charge in [-0.2, -0.15) is 0 Å². The average molecular weight is 1050 g/mol. The number of hydrogen-bond acceptors (Lipinski definition) is 6. The van der Waals surface area contributed by atoms with Gasteiger partial charge in [-0.15, -0.1) is 0 Å². The minimum Gasteiger partial charge on any atom is -0.462 e. The van der Waals surface area contributed by atoms with Gasteiger partial charge in [-0.25, -0.2) is 0 Å². The average Bonchev–Trinajstić information content (AvgIpc) is 3.41. The van der Waals surface area contributed by atoms with E-state index in [1.807, 2.05) is 0 Å². The van der Waals surface area contributed by atoms with Crippen molar-refractivity contribution in [2.24, 2.45) is 0 Å². The number of carbonyl (C=O) groups excluding carboxylic acids is 3. The van der Waals surface area contributed by atoms with Gasteiger partial charge >= 0.3 is 17.9 Å². The van der Waals surface area contributed by atoms with Gasteiger partial charge in [0.15, 0.2) is 6.10 Å². The molecule has 0 rings (SSSR count). The summed E-state index contributed by atoms with van der Waals surface area (Å²) in [5.41, 5.74) is 0. The monoisotopic (exact) mass is 1050 g/mol. The van der Waals surface area contributed by atoms with E-state index in [0.29, 0.717) is 19.3 Å². The van der Waals surface area contributed by atoms with Crippen LogP contribution in [0.15, 0.2) is 36.5 Å². The van der Waals surface area contributed by atoms with Gasteiger partial charge in [-0.05, 0) is 57.8 Å². The molecule has 0 aromatic carbocycles. The number of rotatable bonds is 62. The summed E-state index contributed by atoms with van der Waals surface area (Å²) in [7, 11) is 0. The topological polar surface area (TPSA) is 78.9 Å².